The van der Waals surface area contributed by atoms with Gasteiger partial charge in [0.15, 0.2) is 0 Å². The predicted octanol–water partition coefficient (Wildman–Crippen LogP) is -0.560. The van der Waals surface area contributed by atoms with Crippen LogP contribution in [-0.2, 0) is 14.8 Å². The average molecular weight is 425 g/mol. The van der Waals surface area contributed by atoms with Crippen molar-refractivity contribution in [2.45, 2.75) is 35.6 Å². The Labute approximate surface area is 168 Å². The molecule has 5 atom stereocenters. The van der Waals surface area contributed by atoms with Gasteiger partial charge >= 0.3 is 0 Å². The van der Waals surface area contributed by atoms with Crippen molar-refractivity contribution in [2.75, 3.05) is 13.7 Å². The molecule has 5 N–H and O–H groups in total. The van der Waals surface area contributed by atoms with Gasteiger partial charge in [0.1, 0.15) is 30.2 Å². The lowest BCUT2D eigenvalue weighted by Crippen LogP contribution is -2.60. The lowest BCUT2D eigenvalue weighted by Gasteiger charge is -2.39. The Morgan fingerprint density at radius 2 is 1.48 bits per heavy atom. The molecule has 158 valence electrons. The molecule has 2 aromatic rings. The van der Waals surface area contributed by atoms with Gasteiger partial charge in [-0.25, -0.2) is 13.1 Å². The van der Waals surface area contributed by atoms with E-state index < -0.39 is 47.3 Å². The van der Waals surface area contributed by atoms with E-state index in [0.717, 1.165) is 11.1 Å². The van der Waals surface area contributed by atoms with Gasteiger partial charge in [0.05, 0.1) is 11.5 Å². The fourth-order valence-corrected chi connectivity index (χ4v) is 3.70. The molecule has 0 bridgehead atoms. The van der Waals surface area contributed by atoms with Gasteiger partial charge in [0.2, 0.25) is 16.3 Å². The molecule has 0 radical (unpaired) electrons. The lowest BCUT2D eigenvalue weighted by molar-refractivity contribution is -0.277. The summed E-state index contributed by atoms with van der Waals surface area (Å²) in [5.74, 6) is 0.340. The van der Waals surface area contributed by atoms with Crippen LogP contribution in [0.2, 0.25) is 0 Å². The first-order chi connectivity index (χ1) is 13.8. The predicted molar refractivity (Wildman–Crippen MR) is 103 cm³/mol. The van der Waals surface area contributed by atoms with E-state index in [2.05, 4.69) is 4.72 Å². The van der Waals surface area contributed by atoms with Crippen LogP contribution < -0.4 is 9.46 Å². The van der Waals surface area contributed by atoms with E-state index in [1.165, 1.54) is 19.2 Å². The zero-order chi connectivity index (χ0) is 21.2. The summed E-state index contributed by atoms with van der Waals surface area (Å²) in [6, 6.07) is 13.1. The fraction of sp³-hybridized carbons (Fsp3) is 0.368. The first-order valence-corrected chi connectivity index (χ1v) is 10.4. The second kappa shape index (κ2) is 8.76. The van der Waals surface area contributed by atoms with Crippen molar-refractivity contribution >= 4 is 10.0 Å². The van der Waals surface area contributed by atoms with Gasteiger partial charge < -0.3 is 29.9 Å². The molecule has 1 saturated heterocycles. The lowest BCUT2D eigenvalue weighted by atomic mass is 9.99. The summed E-state index contributed by atoms with van der Waals surface area (Å²) < 4.78 is 36.7. The number of nitrogens with one attached hydrogen (secondary N) is 1. The number of aliphatic hydroxyl groups excluding tert-OH is 4. The molecule has 0 amide bonds. The van der Waals surface area contributed by atoms with E-state index >= 15 is 0 Å². The van der Waals surface area contributed by atoms with E-state index in [1.807, 2.05) is 0 Å². The van der Waals surface area contributed by atoms with Crippen molar-refractivity contribution in [3.63, 3.8) is 0 Å². The van der Waals surface area contributed by atoms with Crippen LogP contribution in [0.4, 0.5) is 0 Å². The Kier molecular flexibility index (Phi) is 6.54. The zero-order valence-corrected chi connectivity index (χ0v) is 16.4. The summed E-state index contributed by atoms with van der Waals surface area (Å²) in [4.78, 5) is 0.159. The number of aliphatic hydroxyl groups is 4. The maximum atomic E-state index is 11.8. The molecular formula is C19H23NO8S. The highest BCUT2D eigenvalue weighted by molar-refractivity contribution is 7.89. The minimum Gasteiger partial charge on any atom is -0.462 e. The molecule has 3 rings (SSSR count). The Balaban J connectivity index is 1.72. The summed E-state index contributed by atoms with van der Waals surface area (Å²) in [5, 5.41) is 38.9. The molecule has 0 saturated carbocycles. The Morgan fingerprint density at radius 3 is 2.00 bits per heavy atom. The maximum absolute atomic E-state index is 11.8. The van der Waals surface area contributed by atoms with Crippen molar-refractivity contribution in [1.29, 1.82) is 0 Å². The van der Waals surface area contributed by atoms with Crippen molar-refractivity contribution in [2.24, 2.45) is 0 Å². The molecule has 2 aromatic carbocycles. The number of sulfonamides is 1. The van der Waals surface area contributed by atoms with E-state index in [9.17, 15) is 28.8 Å². The largest absolute Gasteiger partial charge is 0.462 e. The molecule has 1 heterocycles. The topological polar surface area (TPSA) is 146 Å². The van der Waals surface area contributed by atoms with E-state index in [1.54, 1.807) is 36.4 Å². The second-order valence-corrected chi connectivity index (χ2v) is 8.46. The van der Waals surface area contributed by atoms with Crippen LogP contribution in [0, 0.1) is 0 Å². The SMILES string of the molecule is CNS(=O)(=O)c1ccc(-c2ccc(O[C@@H]3O[C@H](CO)[C@@H](O)[C@H](O)[C@@H]3O)cc2)cc1. The molecule has 29 heavy (non-hydrogen) atoms. The fourth-order valence-electron chi connectivity index (χ4n) is 2.97. The smallest absolute Gasteiger partial charge is 0.240 e. The molecule has 0 unspecified atom stereocenters. The summed E-state index contributed by atoms with van der Waals surface area (Å²) in [5.41, 5.74) is 1.60. The molecule has 0 spiro atoms. The highest BCUT2D eigenvalue weighted by Crippen LogP contribution is 2.27. The highest BCUT2D eigenvalue weighted by Gasteiger charge is 2.44. The first-order valence-electron chi connectivity index (χ1n) is 8.88. The molecule has 1 fully saturated rings. The summed E-state index contributed by atoms with van der Waals surface area (Å²) in [7, 11) is -2.16. The summed E-state index contributed by atoms with van der Waals surface area (Å²) in [6.07, 6.45) is -6.77. The molecule has 0 aliphatic carbocycles. The standard InChI is InChI=1S/C19H23NO8S/c1-20-29(25,26)14-8-4-12(5-9-14)11-2-6-13(7-3-11)27-19-18(24)17(23)16(22)15(10-21)28-19/h2-9,15-24H,10H2,1H3/t15-,16-,17+,18+,19-/m1/s1. The summed E-state index contributed by atoms with van der Waals surface area (Å²) >= 11 is 0. The van der Waals surface area contributed by atoms with Gasteiger partial charge in [0, 0.05) is 0 Å². The maximum Gasteiger partial charge on any atom is 0.240 e. The number of ether oxygens (including phenoxy) is 2. The number of benzene rings is 2. The van der Waals surface area contributed by atoms with Crippen LogP contribution in [0.3, 0.4) is 0 Å². The van der Waals surface area contributed by atoms with E-state index in [0.29, 0.717) is 5.75 Å². The van der Waals surface area contributed by atoms with Crippen molar-refractivity contribution in [1.82, 2.24) is 4.72 Å². The minimum absolute atomic E-state index is 0.159. The monoisotopic (exact) mass is 425 g/mol. The third-order valence-electron chi connectivity index (χ3n) is 4.72. The van der Waals surface area contributed by atoms with Gasteiger partial charge in [-0.05, 0) is 42.4 Å². The van der Waals surface area contributed by atoms with Crippen LogP contribution in [0.5, 0.6) is 5.75 Å². The van der Waals surface area contributed by atoms with Gasteiger partial charge in [-0.15, -0.1) is 0 Å². The van der Waals surface area contributed by atoms with Crippen molar-refractivity contribution < 1.29 is 38.3 Å². The second-order valence-electron chi connectivity index (χ2n) is 6.57. The quantitative estimate of drug-likeness (QED) is 0.414. The average Bonchev–Trinajstić information content (AvgIpc) is 2.74. The van der Waals surface area contributed by atoms with E-state index in [4.69, 9.17) is 9.47 Å². The molecule has 0 aromatic heterocycles. The van der Waals surface area contributed by atoms with Crippen molar-refractivity contribution in [3.8, 4) is 16.9 Å². The number of hydrogen-bond donors (Lipinski definition) is 5. The van der Waals surface area contributed by atoms with Crippen molar-refractivity contribution in [3.05, 3.63) is 48.5 Å². The number of hydrogen-bond acceptors (Lipinski definition) is 8. The third kappa shape index (κ3) is 4.59. The van der Waals surface area contributed by atoms with Crippen LogP contribution in [0.25, 0.3) is 11.1 Å². The number of rotatable bonds is 6. The third-order valence-corrected chi connectivity index (χ3v) is 6.15. The van der Waals surface area contributed by atoms with Crippen LogP contribution in [-0.4, -0.2) is 73.2 Å². The van der Waals surface area contributed by atoms with Crippen LogP contribution >= 0.6 is 0 Å². The zero-order valence-electron chi connectivity index (χ0n) is 15.5. The molecular weight excluding hydrogens is 402 g/mol. The normalized spacial score (nSPS) is 27.6. The van der Waals surface area contributed by atoms with Crippen LogP contribution in [0.15, 0.2) is 53.4 Å². The van der Waals surface area contributed by atoms with Gasteiger partial charge in [-0.3, -0.25) is 0 Å². The first kappa shape index (κ1) is 21.7. The highest BCUT2D eigenvalue weighted by atomic mass is 32.2. The van der Waals surface area contributed by atoms with Crippen LogP contribution in [0.1, 0.15) is 0 Å². The van der Waals surface area contributed by atoms with Gasteiger partial charge in [-0.2, -0.15) is 0 Å². The Bertz CT molecular complexity index is 914. The Morgan fingerprint density at radius 1 is 0.931 bits per heavy atom. The molecule has 10 heteroatoms. The van der Waals surface area contributed by atoms with Gasteiger partial charge in [-0.1, -0.05) is 24.3 Å². The molecule has 1 aliphatic rings. The minimum atomic E-state index is -3.50. The molecule has 1 aliphatic heterocycles. The Hall–Kier alpha value is -2.05. The van der Waals surface area contributed by atoms with E-state index in [-0.39, 0.29) is 4.90 Å². The summed E-state index contributed by atoms with van der Waals surface area (Å²) in [6.45, 7) is -0.539. The van der Waals surface area contributed by atoms with Gasteiger partial charge in [0.25, 0.3) is 0 Å². The molecule has 9 nitrogen and oxygen atoms in total.